The van der Waals surface area contributed by atoms with Gasteiger partial charge in [0.15, 0.2) is 0 Å². The first-order valence-electron chi connectivity index (χ1n) is 9.03. The maximum Gasteiger partial charge on any atom is 0.229 e. The molecule has 0 bridgehead atoms. The topological polar surface area (TPSA) is 49.4 Å². The largest absolute Gasteiger partial charge is 0.349 e. The Bertz CT molecular complexity index is 781. The number of carbonyl (C=O) groups is 2. The summed E-state index contributed by atoms with van der Waals surface area (Å²) in [4.78, 5) is 26.5. The van der Waals surface area contributed by atoms with Gasteiger partial charge in [0.05, 0.1) is 12.5 Å². The second kappa shape index (κ2) is 8.65. The molecule has 2 aromatic rings. The van der Waals surface area contributed by atoms with Crippen molar-refractivity contribution in [1.29, 1.82) is 0 Å². The quantitative estimate of drug-likeness (QED) is 0.846. The molecule has 0 saturated carbocycles. The van der Waals surface area contributed by atoms with E-state index in [1.165, 1.54) is 6.92 Å². The van der Waals surface area contributed by atoms with Gasteiger partial charge in [0.2, 0.25) is 11.8 Å². The van der Waals surface area contributed by atoms with Gasteiger partial charge in [-0.15, -0.1) is 0 Å². The highest BCUT2D eigenvalue weighted by atomic mass is 16.2. The zero-order valence-electron chi connectivity index (χ0n) is 16.3. The van der Waals surface area contributed by atoms with Gasteiger partial charge in [-0.2, -0.15) is 0 Å². The molecule has 4 nitrogen and oxygen atoms in total. The lowest BCUT2D eigenvalue weighted by molar-refractivity contribution is -0.121. The third-order valence-electron chi connectivity index (χ3n) is 4.51. The monoisotopic (exact) mass is 352 g/mol. The summed E-state index contributed by atoms with van der Waals surface area (Å²) in [6.07, 6.45) is 0.226. The van der Waals surface area contributed by atoms with Gasteiger partial charge in [-0.05, 0) is 50.5 Å². The highest BCUT2D eigenvalue weighted by Gasteiger charge is 2.22. The Morgan fingerprint density at radius 2 is 1.62 bits per heavy atom. The van der Waals surface area contributed by atoms with Crippen molar-refractivity contribution in [1.82, 2.24) is 5.32 Å². The maximum absolute atomic E-state index is 13.0. The van der Waals surface area contributed by atoms with Crippen LogP contribution in [0.1, 0.15) is 48.6 Å². The first kappa shape index (κ1) is 19.7. The van der Waals surface area contributed by atoms with E-state index in [4.69, 9.17) is 0 Å². The van der Waals surface area contributed by atoms with E-state index < -0.39 is 0 Å². The summed E-state index contributed by atoms with van der Waals surface area (Å²) in [6.45, 7) is 10.1. The molecule has 1 N–H and O–H groups in total. The predicted octanol–water partition coefficient (Wildman–Crippen LogP) is 4.23. The van der Waals surface area contributed by atoms with Gasteiger partial charge in [-0.1, -0.05) is 42.0 Å². The van der Waals surface area contributed by atoms with Gasteiger partial charge in [0, 0.05) is 19.2 Å². The van der Waals surface area contributed by atoms with Crippen LogP contribution in [0.4, 0.5) is 5.69 Å². The van der Waals surface area contributed by atoms with Gasteiger partial charge in [0.25, 0.3) is 0 Å². The Balaban J connectivity index is 2.27. The number of anilines is 1. The van der Waals surface area contributed by atoms with Crippen LogP contribution in [-0.2, 0) is 9.59 Å². The molecule has 4 heteroatoms. The normalized spacial score (nSPS) is 11.7. The van der Waals surface area contributed by atoms with E-state index in [1.807, 2.05) is 70.2 Å². The third kappa shape index (κ3) is 4.94. The molecule has 0 aliphatic rings. The molecule has 0 fully saturated rings. The van der Waals surface area contributed by atoms with Crippen LogP contribution in [0.3, 0.4) is 0 Å². The number of carbonyl (C=O) groups excluding carboxylic acids is 2. The number of nitrogens with zero attached hydrogens (tertiary/aromatic N) is 1. The summed E-state index contributed by atoms with van der Waals surface area (Å²) in [5.41, 5.74) is 5.21. The van der Waals surface area contributed by atoms with Crippen LogP contribution in [0.15, 0.2) is 42.5 Å². The van der Waals surface area contributed by atoms with Crippen molar-refractivity contribution < 1.29 is 9.59 Å². The van der Waals surface area contributed by atoms with Crippen molar-refractivity contribution in [3.05, 3.63) is 64.7 Å². The van der Waals surface area contributed by atoms with E-state index in [9.17, 15) is 9.59 Å². The van der Waals surface area contributed by atoms with E-state index in [-0.39, 0.29) is 24.3 Å². The summed E-state index contributed by atoms with van der Waals surface area (Å²) in [5, 5.41) is 2.92. The first-order valence-corrected chi connectivity index (χ1v) is 9.03. The van der Waals surface area contributed by atoms with Crippen molar-refractivity contribution in [2.75, 3.05) is 11.4 Å². The molecule has 138 valence electrons. The minimum atomic E-state index is -0.334. The number of amides is 2. The van der Waals surface area contributed by atoms with Crippen LogP contribution >= 0.6 is 0 Å². The summed E-state index contributed by atoms with van der Waals surface area (Å²) >= 11 is 0. The van der Waals surface area contributed by atoms with Gasteiger partial charge in [0.1, 0.15) is 0 Å². The molecule has 0 aliphatic carbocycles. The van der Waals surface area contributed by atoms with E-state index in [1.54, 1.807) is 4.90 Å². The molecule has 0 heterocycles. The fourth-order valence-electron chi connectivity index (χ4n) is 3.07. The smallest absolute Gasteiger partial charge is 0.229 e. The predicted molar refractivity (Wildman–Crippen MR) is 106 cm³/mol. The zero-order valence-corrected chi connectivity index (χ0v) is 16.3. The third-order valence-corrected chi connectivity index (χ3v) is 4.51. The number of rotatable bonds is 6. The van der Waals surface area contributed by atoms with Crippen LogP contribution in [-0.4, -0.2) is 18.4 Å². The van der Waals surface area contributed by atoms with Gasteiger partial charge < -0.3 is 10.2 Å². The Kier molecular flexibility index (Phi) is 6.56. The molecule has 0 saturated heterocycles. The molecule has 1 unspecified atom stereocenters. The van der Waals surface area contributed by atoms with Crippen LogP contribution in [0.25, 0.3) is 0 Å². The average molecular weight is 352 g/mol. The molecule has 0 aromatic heterocycles. The Labute approximate surface area is 156 Å². The molecule has 2 rings (SSSR count). The average Bonchev–Trinajstić information content (AvgIpc) is 2.58. The van der Waals surface area contributed by atoms with Gasteiger partial charge >= 0.3 is 0 Å². The van der Waals surface area contributed by atoms with E-state index in [0.29, 0.717) is 6.54 Å². The van der Waals surface area contributed by atoms with Crippen molar-refractivity contribution in [2.45, 2.75) is 47.1 Å². The first-order chi connectivity index (χ1) is 12.3. The lowest BCUT2D eigenvalue weighted by atomic mass is 10.0. The molecule has 0 aliphatic heterocycles. The lowest BCUT2D eigenvalue weighted by Crippen LogP contribution is -2.36. The number of aryl methyl sites for hydroxylation is 3. The SMILES string of the molecule is CCN(C(=O)CC(NC(C)=O)c1ccc(C)cc1)c1cc(C)ccc1C. The van der Waals surface area contributed by atoms with Crippen molar-refractivity contribution in [3.8, 4) is 0 Å². The number of hydrogen-bond acceptors (Lipinski definition) is 2. The summed E-state index contributed by atoms with van der Waals surface area (Å²) in [5.74, 6) is -0.140. The molecule has 2 amide bonds. The van der Waals surface area contributed by atoms with Crippen molar-refractivity contribution in [3.63, 3.8) is 0 Å². The highest BCUT2D eigenvalue weighted by molar-refractivity contribution is 5.95. The molecule has 0 spiro atoms. The van der Waals surface area contributed by atoms with E-state index in [2.05, 4.69) is 5.32 Å². The summed E-state index contributed by atoms with van der Waals surface area (Å²) in [6, 6.07) is 13.7. The van der Waals surface area contributed by atoms with Gasteiger partial charge in [-0.3, -0.25) is 9.59 Å². The van der Waals surface area contributed by atoms with Gasteiger partial charge in [-0.25, -0.2) is 0 Å². The number of nitrogens with one attached hydrogen (secondary N) is 1. The maximum atomic E-state index is 13.0. The van der Waals surface area contributed by atoms with E-state index >= 15 is 0 Å². The molecule has 0 radical (unpaired) electrons. The molecular weight excluding hydrogens is 324 g/mol. The second-order valence-electron chi connectivity index (χ2n) is 6.80. The highest BCUT2D eigenvalue weighted by Crippen LogP contribution is 2.25. The van der Waals surface area contributed by atoms with Crippen molar-refractivity contribution >= 4 is 17.5 Å². The van der Waals surface area contributed by atoms with Crippen LogP contribution < -0.4 is 10.2 Å². The fourth-order valence-corrected chi connectivity index (χ4v) is 3.07. The van der Waals surface area contributed by atoms with Crippen LogP contribution in [0, 0.1) is 20.8 Å². The van der Waals surface area contributed by atoms with Crippen LogP contribution in [0.5, 0.6) is 0 Å². The van der Waals surface area contributed by atoms with Crippen molar-refractivity contribution in [2.24, 2.45) is 0 Å². The summed E-state index contributed by atoms with van der Waals surface area (Å²) < 4.78 is 0. The molecule has 2 aromatic carbocycles. The Morgan fingerprint density at radius 3 is 2.19 bits per heavy atom. The molecule has 1 atom stereocenters. The Morgan fingerprint density at radius 1 is 1.00 bits per heavy atom. The number of hydrogen-bond donors (Lipinski definition) is 1. The van der Waals surface area contributed by atoms with Crippen LogP contribution in [0.2, 0.25) is 0 Å². The lowest BCUT2D eigenvalue weighted by Gasteiger charge is -2.26. The summed E-state index contributed by atoms with van der Waals surface area (Å²) in [7, 11) is 0. The van der Waals surface area contributed by atoms with E-state index in [0.717, 1.165) is 27.9 Å². The second-order valence-corrected chi connectivity index (χ2v) is 6.80. The minimum absolute atomic E-state index is 0.000486. The molecule has 26 heavy (non-hydrogen) atoms. The fraction of sp³-hybridized carbons (Fsp3) is 0.364. The standard InChI is InChI=1S/C22H28N2O2/c1-6-24(21-13-16(3)7-10-17(21)4)22(26)14-20(23-18(5)25)19-11-8-15(2)9-12-19/h7-13,20H,6,14H2,1-5H3,(H,23,25). The minimum Gasteiger partial charge on any atom is -0.349 e. The Hall–Kier alpha value is -2.62. The zero-order chi connectivity index (χ0) is 19.3. The number of benzene rings is 2. The molecular formula is C22H28N2O2.